The Labute approximate surface area is 132 Å². The van der Waals surface area contributed by atoms with Crippen LogP contribution in [0.2, 0.25) is 0 Å². The van der Waals surface area contributed by atoms with Gasteiger partial charge in [0.05, 0.1) is 0 Å². The zero-order valence-corrected chi connectivity index (χ0v) is 12.7. The lowest BCUT2D eigenvalue weighted by Crippen LogP contribution is -1.84. The molecule has 0 unspecified atom stereocenters. The lowest BCUT2D eigenvalue weighted by atomic mass is 10.1. The van der Waals surface area contributed by atoms with Crippen LogP contribution in [0.25, 0.3) is 0 Å². The Kier molecular flexibility index (Phi) is 4.02. The van der Waals surface area contributed by atoms with E-state index in [1.165, 1.54) is 15.8 Å². The molecule has 4 heteroatoms. The molecule has 0 bridgehead atoms. The quantitative estimate of drug-likeness (QED) is 0.637. The summed E-state index contributed by atoms with van der Waals surface area (Å²) in [6.45, 7) is 0. The topological polar surface area (TPSA) is 60.7 Å². The minimum absolute atomic E-state index is 0.0889. The third-order valence-electron chi connectivity index (χ3n) is 3.42. The molecule has 1 aromatic heterocycles. The third kappa shape index (κ3) is 3.40. The summed E-state index contributed by atoms with van der Waals surface area (Å²) >= 11 is 1.71. The molecule has 0 amide bonds. The fourth-order valence-corrected chi connectivity index (χ4v) is 3.45. The van der Waals surface area contributed by atoms with Gasteiger partial charge in [-0.15, -0.1) is 11.3 Å². The van der Waals surface area contributed by atoms with Crippen LogP contribution < -0.4 is 0 Å². The van der Waals surface area contributed by atoms with E-state index in [2.05, 4.69) is 12.1 Å². The molecule has 0 saturated heterocycles. The Hall–Kier alpha value is -2.46. The van der Waals surface area contributed by atoms with E-state index in [1.807, 2.05) is 18.2 Å². The molecule has 1 heterocycles. The van der Waals surface area contributed by atoms with Crippen LogP contribution in [0.15, 0.2) is 54.6 Å². The van der Waals surface area contributed by atoms with Gasteiger partial charge in [0, 0.05) is 22.6 Å². The van der Waals surface area contributed by atoms with Crippen LogP contribution in [-0.2, 0) is 12.8 Å². The number of hydrogen-bond donors (Lipinski definition) is 3. The molecule has 3 rings (SSSR count). The van der Waals surface area contributed by atoms with E-state index in [1.54, 1.807) is 29.5 Å². The smallest absolute Gasteiger partial charge is 0.157 e. The van der Waals surface area contributed by atoms with Gasteiger partial charge < -0.3 is 15.3 Å². The van der Waals surface area contributed by atoms with Crippen LogP contribution in [0.4, 0.5) is 0 Å². The number of phenolic OH excluding ortho intramolecular Hbond substituents is 3. The summed E-state index contributed by atoms with van der Waals surface area (Å²) in [4.78, 5) is 2.42. The molecule has 0 saturated carbocycles. The maximum absolute atomic E-state index is 9.53. The van der Waals surface area contributed by atoms with Crippen molar-refractivity contribution in [3.63, 3.8) is 0 Å². The molecule has 112 valence electrons. The largest absolute Gasteiger partial charge is 0.508 e. The van der Waals surface area contributed by atoms with Crippen LogP contribution >= 0.6 is 11.3 Å². The molecular formula is C18H16O3S. The van der Waals surface area contributed by atoms with Gasteiger partial charge in [0.2, 0.25) is 0 Å². The summed E-state index contributed by atoms with van der Waals surface area (Å²) in [6.07, 6.45) is 1.51. The van der Waals surface area contributed by atoms with E-state index in [0.717, 1.165) is 24.0 Å². The van der Waals surface area contributed by atoms with Gasteiger partial charge in [-0.3, -0.25) is 0 Å². The van der Waals surface area contributed by atoms with Gasteiger partial charge in [-0.05, 0) is 47.5 Å². The monoisotopic (exact) mass is 312 g/mol. The predicted octanol–water partition coefficient (Wildman–Crippen LogP) is 4.05. The maximum Gasteiger partial charge on any atom is 0.157 e. The fraction of sp³-hybridized carbons (Fsp3) is 0.111. The van der Waals surface area contributed by atoms with E-state index >= 15 is 0 Å². The molecule has 0 aliphatic rings. The van der Waals surface area contributed by atoms with E-state index in [-0.39, 0.29) is 17.2 Å². The van der Waals surface area contributed by atoms with Crippen molar-refractivity contribution in [2.75, 3.05) is 0 Å². The van der Waals surface area contributed by atoms with Crippen molar-refractivity contribution in [1.29, 1.82) is 0 Å². The second-order valence-electron chi connectivity index (χ2n) is 5.21. The summed E-state index contributed by atoms with van der Waals surface area (Å²) in [7, 11) is 0. The van der Waals surface area contributed by atoms with Crippen LogP contribution in [0, 0.1) is 0 Å². The highest BCUT2D eigenvalue weighted by molar-refractivity contribution is 7.12. The van der Waals surface area contributed by atoms with Crippen molar-refractivity contribution in [3.05, 3.63) is 75.5 Å². The van der Waals surface area contributed by atoms with Crippen molar-refractivity contribution >= 4 is 11.3 Å². The van der Waals surface area contributed by atoms with Crippen molar-refractivity contribution in [2.45, 2.75) is 12.8 Å². The molecule has 2 aromatic carbocycles. The second kappa shape index (κ2) is 6.12. The highest BCUT2D eigenvalue weighted by atomic mass is 32.1. The molecule has 0 fully saturated rings. The van der Waals surface area contributed by atoms with Crippen LogP contribution in [0.3, 0.4) is 0 Å². The Morgan fingerprint density at radius 2 is 1.36 bits per heavy atom. The number of phenols is 3. The Bertz CT molecular complexity index is 793. The molecule has 22 heavy (non-hydrogen) atoms. The SMILES string of the molecule is Oc1cccc(Cc2ccc(Cc3ccc(O)c(O)c3)s2)c1. The lowest BCUT2D eigenvalue weighted by molar-refractivity contribution is 0.403. The molecule has 3 N–H and O–H groups in total. The van der Waals surface area contributed by atoms with E-state index < -0.39 is 0 Å². The summed E-state index contributed by atoms with van der Waals surface area (Å²) in [5.41, 5.74) is 2.04. The van der Waals surface area contributed by atoms with Gasteiger partial charge in [0.1, 0.15) is 5.75 Å². The number of rotatable bonds is 4. The molecular weight excluding hydrogens is 296 g/mol. The lowest BCUT2D eigenvalue weighted by Gasteiger charge is -2.02. The number of thiophene rings is 1. The van der Waals surface area contributed by atoms with E-state index in [0.29, 0.717) is 0 Å². The summed E-state index contributed by atoms with van der Waals surface area (Å²) < 4.78 is 0. The number of benzene rings is 2. The first-order chi connectivity index (χ1) is 10.6. The minimum Gasteiger partial charge on any atom is -0.508 e. The molecule has 0 radical (unpaired) electrons. The van der Waals surface area contributed by atoms with Crippen molar-refractivity contribution in [1.82, 2.24) is 0 Å². The summed E-state index contributed by atoms with van der Waals surface area (Å²) in [5.74, 6) is 0.0994. The van der Waals surface area contributed by atoms with Crippen LogP contribution in [0.5, 0.6) is 17.2 Å². The van der Waals surface area contributed by atoms with Crippen molar-refractivity contribution in [3.8, 4) is 17.2 Å². The standard InChI is InChI=1S/C18H16O3S/c19-14-3-1-2-12(8-14)9-15-5-6-16(22-15)10-13-4-7-17(20)18(21)11-13/h1-8,11,19-21H,9-10H2. The molecule has 0 aliphatic heterocycles. The maximum atomic E-state index is 9.53. The zero-order valence-electron chi connectivity index (χ0n) is 11.9. The number of hydrogen-bond acceptors (Lipinski definition) is 4. The summed E-state index contributed by atoms with van der Waals surface area (Å²) in [6, 6.07) is 16.4. The zero-order chi connectivity index (χ0) is 15.5. The highest BCUT2D eigenvalue weighted by Gasteiger charge is 2.06. The minimum atomic E-state index is -0.0977. The van der Waals surface area contributed by atoms with Crippen LogP contribution in [0.1, 0.15) is 20.9 Å². The predicted molar refractivity (Wildman–Crippen MR) is 87.8 cm³/mol. The van der Waals surface area contributed by atoms with E-state index in [4.69, 9.17) is 0 Å². The molecule has 0 spiro atoms. The average molecular weight is 312 g/mol. The van der Waals surface area contributed by atoms with E-state index in [9.17, 15) is 15.3 Å². The Balaban J connectivity index is 1.72. The normalized spacial score (nSPS) is 10.7. The van der Waals surface area contributed by atoms with Crippen molar-refractivity contribution < 1.29 is 15.3 Å². The van der Waals surface area contributed by atoms with Gasteiger partial charge >= 0.3 is 0 Å². The van der Waals surface area contributed by atoms with Crippen LogP contribution in [-0.4, -0.2) is 15.3 Å². The fourth-order valence-electron chi connectivity index (χ4n) is 2.36. The molecule has 3 nitrogen and oxygen atoms in total. The summed E-state index contributed by atoms with van der Waals surface area (Å²) in [5, 5.41) is 28.4. The van der Waals surface area contributed by atoms with Crippen molar-refractivity contribution in [2.24, 2.45) is 0 Å². The first kappa shape index (κ1) is 14.5. The molecule has 0 aliphatic carbocycles. The number of aromatic hydroxyl groups is 3. The second-order valence-corrected chi connectivity index (χ2v) is 6.47. The van der Waals surface area contributed by atoms with Gasteiger partial charge in [-0.1, -0.05) is 18.2 Å². The van der Waals surface area contributed by atoms with Gasteiger partial charge in [0.25, 0.3) is 0 Å². The molecule has 3 aromatic rings. The Morgan fingerprint density at radius 1 is 0.682 bits per heavy atom. The van der Waals surface area contributed by atoms with Gasteiger partial charge in [0.15, 0.2) is 11.5 Å². The van der Waals surface area contributed by atoms with Gasteiger partial charge in [-0.25, -0.2) is 0 Å². The highest BCUT2D eigenvalue weighted by Crippen LogP contribution is 2.28. The third-order valence-corrected chi connectivity index (χ3v) is 4.51. The molecule has 0 atom stereocenters. The Morgan fingerprint density at radius 3 is 2.00 bits per heavy atom. The first-order valence-corrected chi connectivity index (χ1v) is 7.78. The van der Waals surface area contributed by atoms with Gasteiger partial charge in [-0.2, -0.15) is 0 Å². The average Bonchev–Trinajstić information content (AvgIpc) is 2.90. The first-order valence-electron chi connectivity index (χ1n) is 6.96.